The molecule has 3 heterocycles. The standard InChI is InChI=1S/C22H24F2N4O3/c1-13-4-9-25-11-15(13)18-14(2)10-16(27(18)3)17(29)12-28-19(30)21(26-20(28)31)5-7-22(23,24)8-6-21/h4,9-11H,5-8,12H2,1-3H3,(H,26,31). The summed E-state index contributed by atoms with van der Waals surface area (Å²) >= 11 is 0. The zero-order chi connectivity index (χ0) is 22.6. The fourth-order valence-corrected chi connectivity index (χ4v) is 4.55. The zero-order valence-electron chi connectivity index (χ0n) is 17.7. The first-order chi connectivity index (χ1) is 14.5. The summed E-state index contributed by atoms with van der Waals surface area (Å²) in [6.45, 7) is 3.39. The molecule has 0 unspecified atom stereocenters. The van der Waals surface area contributed by atoms with Crippen LogP contribution in [0.1, 0.15) is 47.3 Å². The lowest BCUT2D eigenvalue weighted by molar-refractivity contribution is -0.135. The molecule has 1 spiro atoms. The Morgan fingerprint density at radius 2 is 1.84 bits per heavy atom. The van der Waals surface area contributed by atoms with Crippen LogP contribution in [0.15, 0.2) is 24.5 Å². The number of pyridine rings is 1. The number of urea groups is 1. The molecule has 1 saturated heterocycles. The first kappa shape index (κ1) is 21.1. The Kier molecular flexibility index (Phi) is 4.94. The minimum Gasteiger partial charge on any atom is -0.341 e. The zero-order valence-corrected chi connectivity index (χ0v) is 17.7. The molecular formula is C22H24F2N4O3. The van der Waals surface area contributed by atoms with Crippen molar-refractivity contribution in [3.05, 3.63) is 41.3 Å². The summed E-state index contributed by atoms with van der Waals surface area (Å²) in [4.78, 5) is 43.4. The van der Waals surface area contributed by atoms with Gasteiger partial charge in [-0.25, -0.2) is 13.6 Å². The molecule has 0 bridgehead atoms. The van der Waals surface area contributed by atoms with Crippen LogP contribution < -0.4 is 5.32 Å². The molecule has 1 saturated carbocycles. The van der Waals surface area contributed by atoms with Crippen molar-refractivity contribution >= 4 is 17.7 Å². The molecule has 0 radical (unpaired) electrons. The van der Waals surface area contributed by atoms with E-state index in [9.17, 15) is 23.2 Å². The van der Waals surface area contributed by atoms with E-state index in [-0.39, 0.29) is 12.8 Å². The topological polar surface area (TPSA) is 84.3 Å². The van der Waals surface area contributed by atoms with E-state index in [1.165, 1.54) is 0 Å². The van der Waals surface area contributed by atoms with Gasteiger partial charge in [0.05, 0.1) is 17.9 Å². The molecule has 2 fully saturated rings. The number of nitrogens with one attached hydrogen (secondary N) is 1. The van der Waals surface area contributed by atoms with Crippen molar-refractivity contribution in [2.24, 2.45) is 7.05 Å². The van der Waals surface area contributed by atoms with Gasteiger partial charge in [-0.05, 0) is 49.9 Å². The van der Waals surface area contributed by atoms with Crippen LogP contribution in [-0.4, -0.2) is 50.2 Å². The van der Waals surface area contributed by atoms with E-state index in [1.54, 1.807) is 30.1 Å². The number of aryl methyl sites for hydroxylation is 2. The summed E-state index contributed by atoms with van der Waals surface area (Å²) in [7, 11) is 1.75. The number of ketones is 1. The number of Topliss-reactive ketones (excluding diaryl/α,β-unsaturated/α-hetero) is 1. The minimum atomic E-state index is -2.83. The Labute approximate surface area is 178 Å². The molecule has 2 aromatic rings. The van der Waals surface area contributed by atoms with E-state index in [0.717, 1.165) is 27.3 Å². The van der Waals surface area contributed by atoms with Gasteiger partial charge in [0, 0.05) is 37.8 Å². The van der Waals surface area contributed by atoms with E-state index in [4.69, 9.17) is 0 Å². The van der Waals surface area contributed by atoms with Crippen molar-refractivity contribution in [3.63, 3.8) is 0 Å². The quantitative estimate of drug-likeness (QED) is 0.595. The fraction of sp³-hybridized carbons (Fsp3) is 0.455. The highest BCUT2D eigenvalue weighted by molar-refractivity contribution is 6.11. The average molecular weight is 430 g/mol. The molecule has 3 amide bonds. The fourth-order valence-electron chi connectivity index (χ4n) is 4.55. The van der Waals surface area contributed by atoms with Crippen LogP contribution >= 0.6 is 0 Å². The second-order valence-corrected chi connectivity index (χ2v) is 8.49. The predicted octanol–water partition coefficient (Wildman–Crippen LogP) is 3.39. The van der Waals surface area contributed by atoms with Crippen molar-refractivity contribution in [1.29, 1.82) is 0 Å². The first-order valence-electron chi connectivity index (χ1n) is 10.2. The third-order valence-corrected chi connectivity index (χ3v) is 6.39. The van der Waals surface area contributed by atoms with Gasteiger partial charge in [0.25, 0.3) is 5.91 Å². The van der Waals surface area contributed by atoms with Crippen LogP contribution in [-0.2, 0) is 11.8 Å². The third-order valence-electron chi connectivity index (χ3n) is 6.39. The van der Waals surface area contributed by atoms with Gasteiger partial charge in [-0.15, -0.1) is 0 Å². The van der Waals surface area contributed by atoms with Crippen molar-refractivity contribution in [3.8, 4) is 11.3 Å². The maximum absolute atomic E-state index is 13.5. The van der Waals surface area contributed by atoms with E-state index in [1.807, 2.05) is 19.9 Å². The normalized spacial score (nSPS) is 19.7. The molecule has 164 valence electrons. The van der Waals surface area contributed by atoms with E-state index < -0.39 is 48.6 Å². The van der Waals surface area contributed by atoms with Crippen LogP contribution in [0.3, 0.4) is 0 Å². The SMILES string of the molecule is Cc1ccncc1-c1c(C)cc(C(=O)CN2C(=O)NC3(CCC(F)(F)CC3)C2=O)n1C. The number of aromatic nitrogens is 2. The monoisotopic (exact) mass is 430 g/mol. The van der Waals surface area contributed by atoms with Gasteiger partial charge < -0.3 is 9.88 Å². The lowest BCUT2D eigenvalue weighted by atomic mass is 9.80. The predicted molar refractivity (Wildman–Crippen MR) is 109 cm³/mol. The number of nitrogens with zero attached hydrogens (tertiary/aromatic N) is 3. The molecule has 0 atom stereocenters. The van der Waals surface area contributed by atoms with Crippen LogP contribution in [0.5, 0.6) is 0 Å². The van der Waals surface area contributed by atoms with Crippen LogP contribution in [0.25, 0.3) is 11.3 Å². The Morgan fingerprint density at radius 3 is 2.48 bits per heavy atom. The Bertz CT molecular complexity index is 1080. The van der Waals surface area contributed by atoms with Gasteiger partial charge in [0.2, 0.25) is 5.92 Å². The van der Waals surface area contributed by atoms with Gasteiger partial charge in [-0.1, -0.05) is 0 Å². The summed E-state index contributed by atoms with van der Waals surface area (Å²) in [6.07, 6.45) is 2.22. The number of carbonyl (C=O) groups is 3. The van der Waals surface area contributed by atoms with Crippen molar-refractivity contribution in [1.82, 2.24) is 19.8 Å². The second kappa shape index (κ2) is 7.25. The smallest absolute Gasteiger partial charge is 0.325 e. The largest absolute Gasteiger partial charge is 0.341 e. The van der Waals surface area contributed by atoms with E-state index >= 15 is 0 Å². The highest BCUT2D eigenvalue weighted by Crippen LogP contribution is 2.41. The lowest BCUT2D eigenvalue weighted by Gasteiger charge is -2.34. The summed E-state index contributed by atoms with van der Waals surface area (Å²) in [5.41, 5.74) is 2.61. The molecule has 9 heteroatoms. The average Bonchev–Trinajstić information content (AvgIpc) is 3.13. The molecule has 2 aromatic heterocycles. The molecule has 7 nitrogen and oxygen atoms in total. The number of alkyl halides is 2. The Morgan fingerprint density at radius 1 is 1.16 bits per heavy atom. The number of hydrogen-bond acceptors (Lipinski definition) is 4. The van der Waals surface area contributed by atoms with Crippen molar-refractivity contribution in [2.45, 2.75) is 51.0 Å². The summed E-state index contributed by atoms with van der Waals surface area (Å²) in [5, 5.41) is 2.57. The molecule has 4 rings (SSSR count). The summed E-state index contributed by atoms with van der Waals surface area (Å²) in [6, 6.07) is 2.89. The Balaban J connectivity index is 1.57. The van der Waals surface area contributed by atoms with E-state index in [0.29, 0.717) is 5.69 Å². The summed E-state index contributed by atoms with van der Waals surface area (Å²) in [5.74, 6) is -3.84. The highest BCUT2D eigenvalue weighted by atomic mass is 19.3. The maximum atomic E-state index is 13.5. The van der Waals surface area contributed by atoms with Crippen molar-refractivity contribution < 1.29 is 23.2 Å². The second-order valence-electron chi connectivity index (χ2n) is 8.49. The minimum absolute atomic E-state index is 0.136. The number of carbonyl (C=O) groups excluding carboxylic acids is 3. The van der Waals surface area contributed by atoms with Crippen molar-refractivity contribution in [2.75, 3.05) is 6.54 Å². The number of halogens is 2. The number of hydrogen-bond donors (Lipinski definition) is 1. The number of rotatable bonds is 4. The maximum Gasteiger partial charge on any atom is 0.325 e. The van der Waals surface area contributed by atoms with E-state index in [2.05, 4.69) is 10.3 Å². The molecule has 1 aliphatic carbocycles. The van der Waals surface area contributed by atoms with Gasteiger partial charge in [-0.2, -0.15) is 0 Å². The lowest BCUT2D eigenvalue weighted by Crippen LogP contribution is -2.51. The van der Waals surface area contributed by atoms with Gasteiger partial charge in [0.1, 0.15) is 5.54 Å². The van der Waals surface area contributed by atoms with Gasteiger partial charge >= 0.3 is 6.03 Å². The molecule has 31 heavy (non-hydrogen) atoms. The third kappa shape index (κ3) is 3.51. The number of imide groups is 1. The van der Waals surface area contributed by atoms with Crippen LogP contribution in [0.4, 0.5) is 13.6 Å². The molecule has 1 N–H and O–H groups in total. The Hall–Kier alpha value is -3.10. The first-order valence-corrected chi connectivity index (χ1v) is 10.2. The summed E-state index contributed by atoms with van der Waals surface area (Å²) < 4.78 is 28.8. The highest BCUT2D eigenvalue weighted by Gasteiger charge is 2.55. The van der Waals surface area contributed by atoms with Crippen LogP contribution in [0, 0.1) is 13.8 Å². The number of amides is 3. The molecule has 2 aliphatic rings. The van der Waals surface area contributed by atoms with Gasteiger partial charge in [-0.3, -0.25) is 19.5 Å². The van der Waals surface area contributed by atoms with Crippen LogP contribution in [0.2, 0.25) is 0 Å². The molecular weight excluding hydrogens is 406 g/mol. The van der Waals surface area contributed by atoms with Gasteiger partial charge in [0.15, 0.2) is 5.78 Å². The molecule has 1 aliphatic heterocycles. The molecule has 0 aromatic carbocycles.